The van der Waals surface area contributed by atoms with Gasteiger partial charge in [0.25, 0.3) is 0 Å². The topological polar surface area (TPSA) is 71.1 Å². The first-order valence-electron chi connectivity index (χ1n) is 8.32. The largest absolute Gasteiger partial charge is 0.355 e. The number of aromatic nitrogens is 1. The number of nitrogens with zero attached hydrogens (tertiary/aromatic N) is 1. The monoisotopic (exact) mass is 341 g/mol. The van der Waals surface area contributed by atoms with Crippen molar-refractivity contribution >= 4 is 11.8 Å². The van der Waals surface area contributed by atoms with E-state index in [1.807, 2.05) is 12.1 Å². The molecule has 6 heteroatoms. The van der Waals surface area contributed by atoms with Gasteiger partial charge in [0.1, 0.15) is 5.82 Å². The molecular formula is C19H20FN3O2. The zero-order valence-corrected chi connectivity index (χ0v) is 13.7. The molecule has 5 nitrogen and oxygen atoms in total. The van der Waals surface area contributed by atoms with Crippen molar-refractivity contribution in [1.29, 1.82) is 0 Å². The van der Waals surface area contributed by atoms with Crippen LogP contribution in [0.5, 0.6) is 0 Å². The van der Waals surface area contributed by atoms with E-state index in [0.29, 0.717) is 13.1 Å². The van der Waals surface area contributed by atoms with Crippen molar-refractivity contribution in [3.63, 3.8) is 0 Å². The van der Waals surface area contributed by atoms with Gasteiger partial charge in [-0.15, -0.1) is 0 Å². The van der Waals surface area contributed by atoms with Crippen LogP contribution in [0, 0.1) is 11.7 Å². The minimum absolute atomic E-state index is 0.0469. The molecule has 1 aliphatic carbocycles. The molecule has 1 aromatic carbocycles. The summed E-state index contributed by atoms with van der Waals surface area (Å²) < 4.78 is 12.9. The van der Waals surface area contributed by atoms with E-state index in [4.69, 9.17) is 0 Å². The van der Waals surface area contributed by atoms with Crippen LogP contribution in [0.15, 0.2) is 48.8 Å². The van der Waals surface area contributed by atoms with Gasteiger partial charge in [0.15, 0.2) is 0 Å². The van der Waals surface area contributed by atoms with E-state index in [2.05, 4.69) is 15.6 Å². The molecule has 2 N–H and O–H groups in total. The smallest absolute Gasteiger partial charge is 0.223 e. The Kier molecular flexibility index (Phi) is 5.38. The van der Waals surface area contributed by atoms with Crippen LogP contribution in [0.3, 0.4) is 0 Å². The summed E-state index contributed by atoms with van der Waals surface area (Å²) in [7, 11) is 0. The lowest BCUT2D eigenvalue weighted by Gasteiger charge is -2.07. The highest BCUT2D eigenvalue weighted by Crippen LogP contribution is 2.47. The van der Waals surface area contributed by atoms with Crippen molar-refractivity contribution in [2.45, 2.75) is 25.3 Å². The zero-order valence-electron chi connectivity index (χ0n) is 13.7. The van der Waals surface area contributed by atoms with Gasteiger partial charge in [-0.2, -0.15) is 0 Å². The lowest BCUT2D eigenvalue weighted by molar-refractivity contribution is -0.123. The Morgan fingerprint density at radius 1 is 1.16 bits per heavy atom. The summed E-state index contributed by atoms with van der Waals surface area (Å²) in [6.45, 7) is 0.736. The average Bonchev–Trinajstić information content (AvgIpc) is 3.42. The fourth-order valence-corrected chi connectivity index (χ4v) is 2.79. The molecule has 1 saturated carbocycles. The second-order valence-electron chi connectivity index (χ2n) is 6.18. The van der Waals surface area contributed by atoms with Crippen LogP contribution in [0.25, 0.3) is 0 Å². The van der Waals surface area contributed by atoms with Gasteiger partial charge in [-0.05, 0) is 41.7 Å². The van der Waals surface area contributed by atoms with Crippen molar-refractivity contribution < 1.29 is 14.0 Å². The number of carbonyl (C=O) groups excluding carboxylic acids is 2. The molecule has 1 aromatic heterocycles. The van der Waals surface area contributed by atoms with E-state index >= 15 is 0 Å². The minimum atomic E-state index is -0.275. The van der Waals surface area contributed by atoms with Crippen LogP contribution in [0.1, 0.15) is 29.9 Å². The molecule has 0 radical (unpaired) electrons. The number of halogens is 1. The van der Waals surface area contributed by atoms with Crippen LogP contribution < -0.4 is 10.6 Å². The predicted molar refractivity (Wildman–Crippen MR) is 91.0 cm³/mol. The van der Waals surface area contributed by atoms with Gasteiger partial charge >= 0.3 is 0 Å². The first-order valence-corrected chi connectivity index (χ1v) is 8.32. The van der Waals surface area contributed by atoms with Gasteiger partial charge in [0.2, 0.25) is 11.8 Å². The van der Waals surface area contributed by atoms with E-state index in [9.17, 15) is 14.0 Å². The highest BCUT2D eigenvalue weighted by Gasteiger charge is 2.43. The number of amides is 2. The molecule has 0 spiro atoms. The van der Waals surface area contributed by atoms with Crippen LogP contribution in [-0.2, 0) is 16.1 Å². The highest BCUT2D eigenvalue weighted by molar-refractivity contribution is 5.83. The zero-order chi connectivity index (χ0) is 17.6. The number of nitrogens with one attached hydrogen (secondary N) is 2. The summed E-state index contributed by atoms with van der Waals surface area (Å²) in [6, 6.07) is 9.97. The van der Waals surface area contributed by atoms with Gasteiger partial charge in [0, 0.05) is 37.8 Å². The first kappa shape index (κ1) is 17.1. The molecular weight excluding hydrogens is 321 g/mol. The summed E-state index contributed by atoms with van der Waals surface area (Å²) in [5.74, 6) is -0.365. The fraction of sp³-hybridized carbons (Fsp3) is 0.316. The number of hydrogen-bond donors (Lipinski definition) is 2. The van der Waals surface area contributed by atoms with Crippen molar-refractivity contribution in [2.24, 2.45) is 5.92 Å². The average molecular weight is 341 g/mol. The third-order valence-corrected chi connectivity index (χ3v) is 4.29. The van der Waals surface area contributed by atoms with Gasteiger partial charge in [0.05, 0.1) is 0 Å². The lowest BCUT2D eigenvalue weighted by atomic mass is 10.1. The van der Waals surface area contributed by atoms with E-state index in [1.165, 1.54) is 12.1 Å². The Hall–Kier alpha value is -2.76. The minimum Gasteiger partial charge on any atom is -0.355 e. The maximum absolute atomic E-state index is 12.9. The quantitative estimate of drug-likeness (QED) is 0.811. The summed E-state index contributed by atoms with van der Waals surface area (Å²) in [5, 5.41) is 5.59. The van der Waals surface area contributed by atoms with Crippen molar-refractivity contribution in [3.8, 4) is 0 Å². The summed E-state index contributed by atoms with van der Waals surface area (Å²) >= 11 is 0. The van der Waals surface area contributed by atoms with Crippen LogP contribution in [0.4, 0.5) is 4.39 Å². The molecule has 0 saturated heterocycles. The molecule has 1 fully saturated rings. The standard InChI is InChI=1S/C19H20FN3O2/c20-15-5-3-14(4-6-15)16-10-17(16)19(25)22-9-7-18(24)23-12-13-2-1-8-21-11-13/h1-6,8,11,16-17H,7,9-10,12H2,(H,22,25)(H,23,24)/t16-,17-/m1/s1. The van der Waals surface area contributed by atoms with Gasteiger partial charge < -0.3 is 10.6 Å². The second-order valence-corrected chi connectivity index (χ2v) is 6.18. The van der Waals surface area contributed by atoms with E-state index in [1.54, 1.807) is 24.5 Å². The molecule has 0 aliphatic heterocycles. The third kappa shape index (κ3) is 4.86. The molecule has 2 aromatic rings. The summed E-state index contributed by atoms with van der Waals surface area (Å²) in [6.07, 6.45) is 4.38. The Balaban J connectivity index is 1.34. The predicted octanol–water partition coefficient (Wildman–Crippen LogP) is 2.15. The molecule has 2 amide bonds. The first-order chi connectivity index (χ1) is 12.1. The van der Waals surface area contributed by atoms with Gasteiger partial charge in [-0.25, -0.2) is 4.39 Å². The third-order valence-electron chi connectivity index (χ3n) is 4.29. The van der Waals surface area contributed by atoms with E-state index in [-0.39, 0.29) is 35.9 Å². The maximum Gasteiger partial charge on any atom is 0.223 e. The maximum atomic E-state index is 12.9. The van der Waals surface area contributed by atoms with E-state index in [0.717, 1.165) is 17.5 Å². The van der Waals surface area contributed by atoms with Crippen molar-refractivity contribution in [2.75, 3.05) is 6.54 Å². The van der Waals surface area contributed by atoms with Crippen LogP contribution >= 0.6 is 0 Å². The fourth-order valence-electron chi connectivity index (χ4n) is 2.79. The molecule has 130 valence electrons. The number of carbonyl (C=O) groups is 2. The normalized spacial score (nSPS) is 18.4. The Bertz CT molecular complexity index is 734. The second kappa shape index (κ2) is 7.88. The number of hydrogen-bond acceptors (Lipinski definition) is 3. The number of benzene rings is 1. The summed E-state index contributed by atoms with van der Waals surface area (Å²) in [5.41, 5.74) is 1.91. The Morgan fingerprint density at radius 3 is 2.68 bits per heavy atom. The SMILES string of the molecule is O=C(CCNC(=O)[C@@H]1C[C@@H]1c1ccc(F)cc1)NCc1cccnc1. The Labute approximate surface area is 145 Å². The number of pyridine rings is 1. The van der Waals surface area contributed by atoms with Gasteiger partial charge in [-0.3, -0.25) is 14.6 Å². The molecule has 3 rings (SSSR count). The molecule has 2 atom stereocenters. The highest BCUT2D eigenvalue weighted by atomic mass is 19.1. The molecule has 1 heterocycles. The van der Waals surface area contributed by atoms with Crippen molar-refractivity contribution in [1.82, 2.24) is 15.6 Å². The summed E-state index contributed by atoms with van der Waals surface area (Å²) in [4.78, 5) is 27.9. The van der Waals surface area contributed by atoms with Crippen LogP contribution in [-0.4, -0.2) is 23.3 Å². The van der Waals surface area contributed by atoms with Gasteiger partial charge in [-0.1, -0.05) is 18.2 Å². The van der Waals surface area contributed by atoms with Crippen molar-refractivity contribution in [3.05, 3.63) is 65.7 Å². The lowest BCUT2D eigenvalue weighted by Crippen LogP contribution is -2.31. The molecule has 0 unspecified atom stereocenters. The molecule has 0 bridgehead atoms. The Morgan fingerprint density at radius 2 is 1.96 bits per heavy atom. The molecule has 25 heavy (non-hydrogen) atoms. The van der Waals surface area contributed by atoms with Crippen LogP contribution in [0.2, 0.25) is 0 Å². The molecule has 1 aliphatic rings. The number of rotatable bonds is 7. The van der Waals surface area contributed by atoms with E-state index < -0.39 is 0 Å².